The summed E-state index contributed by atoms with van der Waals surface area (Å²) >= 11 is 0. The van der Waals surface area contributed by atoms with Crippen LogP contribution in [0.3, 0.4) is 0 Å². The first-order chi connectivity index (χ1) is 16.1. The molecule has 1 aliphatic rings. The number of carbonyl (C=O) groups excluding carboxylic acids is 3. The van der Waals surface area contributed by atoms with Crippen molar-refractivity contribution in [3.63, 3.8) is 0 Å². The Morgan fingerprint density at radius 3 is 2.44 bits per heavy atom. The molecule has 0 aromatic heterocycles. The van der Waals surface area contributed by atoms with Crippen LogP contribution in [-0.4, -0.2) is 56.5 Å². The number of fused-ring (bicyclic) bond motifs is 1. The van der Waals surface area contributed by atoms with E-state index in [1.54, 1.807) is 19.1 Å². The second-order valence-electron chi connectivity index (χ2n) is 7.46. The Bertz CT molecular complexity index is 1230. The molecule has 2 aromatic rings. The van der Waals surface area contributed by atoms with Gasteiger partial charge in [-0.05, 0) is 49.2 Å². The highest BCUT2D eigenvalue weighted by Gasteiger charge is 2.28. The quantitative estimate of drug-likeness (QED) is 0.230. The fourth-order valence-corrected chi connectivity index (χ4v) is 4.56. The van der Waals surface area contributed by atoms with Crippen LogP contribution in [-0.2, 0) is 26.0 Å². The highest BCUT2D eigenvalue weighted by molar-refractivity contribution is 7.92. The van der Waals surface area contributed by atoms with E-state index >= 15 is 0 Å². The van der Waals surface area contributed by atoms with Gasteiger partial charge in [-0.25, -0.2) is 8.42 Å². The van der Waals surface area contributed by atoms with Crippen LogP contribution >= 0.6 is 0 Å². The van der Waals surface area contributed by atoms with E-state index in [1.807, 2.05) is 0 Å². The molecule has 11 nitrogen and oxygen atoms in total. The normalized spacial score (nSPS) is 12.7. The number of sulfonamides is 1. The van der Waals surface area contributed by atoms with E-state index in [4.69, 9.17) is 4.74 Å². The molecule has 0 aliphatic carbocycles. The first-order valence-corrected chi connectivity index (χ1v) is 12.1. The summed E-state index contributed by atoms with van der Waals surface area (Å²) in [5.74, 6) is -1.63. The predicted octanol–water partition coefficient (Wildman–Crippen LogP) is 1.85. The number of non-ortho nitro benzene ring substituents is 1. The molecule has 0 saturated carbocycles. The summed E-state index contributed by atoms with van der Waals surface area (Å²) in [7, 11) is -3.38. The van der Waals surface area contributed by atoms with E-state index in [0.29, 0.717) is 24.2 Å². The lowest BCUT2D eigenvalue weighted by atomic mass is 10.1. The number of ether oxygens (including phenoxy) is 1. The van der Waals surface area contributed by atoms with Crippen molar-refractivity contribution < 1.29 is 32.5 Å². The molecule has 1 amide bonds. The van der Waals surface area contributed by atoms with Crippen molar-refractivity contribution in [2.24, 2.45) is 0 Å². The number of nitro groups is 1. The van der Waals surface area contributed by atoms with Crippen molar-refractivity contribution in [2.45, 2.75) is 19.8 Å². The third kappa shape index (κ3) is 5.76. The maximum Gasteiger partial charge on any atom is 0.308 e. The van der Waals surface area contributed by atoms with Gasteiger partial charge in [-0.3, -0.25) is 28.8 Å². The summed E-state index contributed by atoms with van der Waals surface area (Å²) in [5, 5.41) is 13.1. The Morgan fingerprint density at radius 2 is 1.79 bits per heavy atom. The van der Waals surface area contributed by atoms with Gasteiger partial charge in [0.1, 0.15) is 0 Å². The lowest BCUT2D eigenvalue weighted by Crippen LogP contribution is -2.30. The van der Waals surface area contributed by atoms with Crippen LogP contribution in [0.15, 0.2) is 42.5 Å². The fraction of sp³-hybridized carbons (Fsp3) is 0.318. The predicted molar refractivity (Wildman–Crippen MR) is 122 cm³/mol. The van der Waals surface area contributed by atoms with Crippen molar-refractivity contribution in [3.05, 3.63) is 69.3 Å². The van der Waals surface area contributed by atoms with Crippen molar-refractivity contribution in [2.75, 3.05) is 29.8 Å². The molecule has 3 rings (SSSR count). The van der Waals surface area contributed by atoms with Gasteiger partial charge in [0.05, 0.1) is 22.8 Å². The number of ketones is 1. The van der Waals surface area contributed by atoms with Gasteiger partial charge < -0.3 is 10.1 Å². The number of esters is 1. The number of amides is 1. The standard InChI is InChI=1S/C22H23N3O8S/c1-2-34(31,32)24-12-10-16-13-17(5-8-19(16)24)20(26)14-33-21(27)9-11-23-22(28)15-3-6-18(7-4-15)25(29)30/h3-8,13H,2,9-12,14H2,1H3,(H,23,28). The number of hydrogen-bond donors (Lipinski definition) is 1. The molecule has 0 spiro atoms. The summed E-state index contributed by atoms with van der Waals surface area (Å²) in [6.07, 6.45) is 0.323. The average Bonchev–Trinajstić information content (AvgIpc) is 3.26. The van der Waals surface area contributed by atoms with Crippen molar-refractivity contribution in [3.8, 4) is 0 Å². The Hall–Kier alpha value is -3.80. The molecule has 1 N–H and O–H groups in total. The first kappa shape index (κ1) is 24.8. The lowest BCUT2D eigenvalue weighted by Gasteiger charge is -2.18. The van der Waals surface area contributed by atoms with Crippen LogP contribution in [0.4, 0.5) is 11.4 Å². The van der Waals surface area contributed by atoms with Crippen LogP contribution < -0.4 is 9.62 Å². The zero-order valence-corrected chi connectivity index (χ0v) is 19.2. The van der Waals surface area contributed by atoms with Gasteiger partial charge in [0.15, 0.2) is 12.4 Å². The van der Waals surface area contributed by atoms with Crippen LogP contribution in [0.2, 0.25) is 0 Å². The Kier molecular flexibility index (Phi) is 7.61. The lowest BCUT2D eigenvalue weighted by molar-refractivity contribution is -0.384. The third-order valence-electron chi connectivity index (χ3n) is 5.27. The van der Waals surface area contributed by atoms with E-state index in [2.05, 4.69) is 5.32 Å². The van der Waals surface area contributed by atoms with Gasteiger partial charge in [0.2, 0.25) is 10.0 Å². The van der Waals surface area contributed by atoms with E-state index in [-0.39, 0.29) is 30.0 Å². The summed E-state index contributed by atoms with van der Waals surface area (Å²) in [6, 6.07) is 9.71. The molecule has 34 heavy (non-hydrogen) atoms. The Balaban J connectivity index is 1.46. The molecule has 0 unspecified atom stereocenters. The Morgan fingerprint density at radius 1 is 1.12 bits per heavy atom. The van der Waals surface area contributed by atoms with E-state index in [1.165, 1.54) is 34.6 Å². The van der Waals surface area contributed by atoms with E-state index in [9.17, 15) is 32.9 Å². The van der Waals surface area contributed by atoms with Gasteiger partial charge in [0.25, 0.3) is 11.6 Å². The maximum absolute atomic E-state index is 12.4. The monoisotopic (exact) mass is 489 g/mol. The van der Waals surface area contributed by atoms with E-state index in [0.717, 1.165) is 5.56 Å². The molecule has 0 saturated heterocycles. The third-order valence-corrected chi connectivity index (χ3v) is 7.05. The zero-order valence-electron chi connectivity index (χ0n) is 18.4. The van der Waals surface area contributed by atoms with Gasteiger partial charge in [-0.1, -0.05) is 0 Å². The number of nitro benzene ring substituents is 1. The van der Waals surface area contributed by atoms with Gasteiger partial charge in [0, 0.05) is 36.3 Å². The molecule has 1 heterocycles. The molecule has 0 atom stereocenters. The molecule has 12 heteroatoms. The second kappa shape index (κ2) is 10.4. The first-order valence-electron chi connectivity index (χ1n) is 10.5. The number of hydrogen-bond acceptors (Lipinski definition) is 8. The Labute approximate surface area is 195 Å². The number of nitrogens with zero attached hydrogens (tertiary/aromatic N) is 2. The van der Waals surface area contributed by atoms with Gasteiger partial charge in [-0.15, -0.1) is 0 Å². The molecule has 1 aliphatic heterocycles. The molecule has 2 aromatic carbocycles. The summed E-state index contributed by atoms with van der Waals surface area (Å²) < 4.78 is 30.6. The smallest absolute Gasteiger partial charge is 0.308 e. The minimum atomic E-state index is -3.38. The zero-order chi connectivity index (χ0) is 24.9. The number of Topliss-reactive ketones (excluding diaryl/α,β-unsaturated/α-hetero) is 1. The maximum atomic E-state index is 12.4. The topological polar surface area (TPSA) is 153 Å². The summed E-state index contributed by atoms with van der Waals surface area (Å²) in [4.78, 5) is 46.4. The van der Waals surface area contributed by atoms with Crippen LogP contribution in [0.25, 0.3) is 0 Å². The second-order valence-corrected chi connectivity index (χ2v) is 9.64. The number of carbonyl (C=O) groups is 3. The van der Waals surface area contributed by atoms with Crippen molar-refractivity contribution in [1.82, 2.24) is 5.32 Å². The highest BCUT2D eigenvalue weighted by Crippen LogP contribution is 2.31. The minimum Gasteiger partial charge on any atom is -0.457 e. The highest BCUT2D eigenvalue weighted by atomic mass is 32.2. The molecular weight excluding hydrogens is 466 g/mol. The van der Waals surface area contributed by atoms with Gasteiger partial charge in [-0.2, -0.15) is 0 Å². The summed E-state index contributed by atoms with van der Waals surface area (Å²) in [5.41, 5.74) is 1.67. The number of anilines is 1. The SMILES string of the molecule is CCS(=O)(=O)N1CCc2cc(C(=O)COC(=O)CCNC(=O)c3ccc([N+](=O)[O-])cc3)ccc21. The number of benzene rings is 2. The molecule has 180 valence electrons. The molecular formula is C22H23N3O8S. The summed E-state index contributed by atoms with van der Waals surface area (Å²) in [6.45, 7) is 1.37. The molecule has 0 fully saturated rings. The fourth-order valence-electron chi connectivity index (χ4n) is 3.41. The van der Waals surface area contributed by atoms with Crippen molar-refractivity contribution in [1.29, 1.82) is 0 Å². The van der Waals surface area contributed by atoms with E-state index < -0.39 is 39.2 Å². The minimum absolute atomic E-state index is 0.0165. The number of nitrogens with one attached hydrogen (secondary N) is 1. The average molecular weight is 490 g/mol. The largest absolute Gasteiger partial charge is 0.457 e. The van der Waals surface area contributed by atoms with Crippen LogP contribution in [0, 0.1) is 10.1 Å². The molecule has 0 radical (unpaired) electrons. The van der Waals surface area contributed by atoms with Crippen LogP contribution in [0.1, 0.15) is 39.6 Å². The number of rotatable bonds is 10. The van der Waals surface area contributed by atoms with Gasteiger partial charge >= 0.3 is 5.97 Å². The molecule has 0 bridgehead atoms. The van der Waals surface area contributed by atoms with Crippen LogP contribution in [0.5, 0.6) is 0 Å². The van der Waals surface area contributed by atoms with Crippen molar-refractivity contribution >= 4 is 39.1 Å².